The third-order valence-corrected chi connectivity index (χ3v) is 6.53. The molecule has 8 heteroatoms. The van der Waals surface area contributed by atoms with Crippen LogP contribution in [-0.2, 0) is 21.3 Å². The molecule has 1 amide bonds. The van der Waals surface area contributed by atoms with Crippen molar-refractivity contribution in [3.63, 3.8) is 0 Å². The summed E-state index contributed by atoms with van der Waals surface area (Å²) in [5.41, 5.74) is 1.18. The highest BCUT2D eigenvalue weighted by Gasteiger charge is 2.32. The van der Waals surface area contributed by atoms with Gasteiger partial charge in [-0.05, 0) is 49.7 Å². The molecule has 7 nitrogen and oxygen atoms in total. The molecule has 0 saturated carbocycles. The second-order valence-electron chi connectivity index (χ2n) is 7.14. The fourth-order valence-corrected chi connectivity index (χ4v) is 4.98. The highest BCUT2D eigenvalue weighted by Crippen LogP contribution is 2.22. The predicted octanol–water partition coefficient (Wildman–Crippen LogP) is 2.42. The third kappa shape index (κ3) is 5.14. The molecule has 1 heterocycles. The number of carbonyl (C=O) groups is 1. The Bertz CT molecular complexity index is 967. The van der Waals surface area contributed by atoms with Gasteiger partial charge >= 0.3 is 0 Å². The summed E-state index contributed by atoms with van der Waals surface area (Å²) in [4.78, 5) is 12.7. The Morgan fingerprint density at radius 3 is 2.52 bits per heavy atom. The molecule has 1 N–H and O–H groups in total. The summed E-state index contributed by atoms with van der Waals surface area (Å²) in [7, 11) is -2.12. The van der Waals surface area contributed by atoms with E-state index in [4.69, 9.17) is 9.47 Å². The maximum atomic E-state index is 13.0. The minimum absolute atomic E-state index is 0.104. The molecule has 1 fully saturated rings. The first-order chi connectivity index (χ1) is 13.8. The largest absolute Gasteiger partial charge is 0.497 e. The zero-order valence-corrected chi connectivity index (χ0v) is 17.6. The van der Waals surface area contributed by atoms with Crippen LogP contribution >= 0.6 is 0 Å². The zero-order valence-electron chi connectivity index (χ0n) is 16.8. The van der Waals surface area contributed by atoms with Crippen molar-refractivity contribution in [2.75, 3.05) is 20.2 Å². The Balaban J connectivity index is 1.73. The number of nitrogens with one attached hydrogen (secondary N) is 1. The lowest BCUT2D eigenvalue weighted by molar-refractivity contribution is -0.0440. The summed E-state index contributed by atoms with van der Waals surface area (Å²) < 4.78 is 38.3. The van der Waals surface area contributed by atoms with Gasteiger partial charge in [-0.1, -0.05) is 18.2 Å². The normalized spacial score (nSPS) is 20.2. The lowest BCUT2D eigenvalue weighted by Gasteiger charge is -2.34. The number of nitrogens with zero attached hydrogens (tertiary/aromatic N) is 1. The molecule has 0 aromatic heterocycles. The molecule has 0 spiro atoms. The Morgan fingerprint density at radius 1 is 1.14 bits per heavy atom. The smallest absolute Gasteiger partial charge is 0.251 e. The first kappa shape index (κ1) is 21.3. The van der Waals surface area contributed by atoms with Gasteiger partial charge in [-0.15, -0.1) is 0 Å². The molecule has 2 atom stereocenters. The number of morpholine rings is 1. The molecule has 29 heavy (non-hydrogen) atoms. The summed E-state index contributed by atoms with van der Waals surface area (Å²) in [5.74, 6) is 0.368. The number of methoxy groups -OCH3 is 1. The van der Waals surface area contributed by atoms with Gasteiger partial charge < -0.3 is 14.8 Å². The van der Waals surface area contributed by atoms with Gasteiger partial charge in [0, 0.05) is 25.2 Å². The number of ether oxygens (including phenoxy) is 2. The van der Waals surface area contributed by atoms with Gasteiger partial charge in [-0.25, -0.2) is 8.42 Å². The molecule has 2 aromatic rings. The second-order valence-corrected chi connectivity index (χ2v) is 9.08. The van der Waals surface area contributed by atoms with Crippen LogP contribution in [-0.4, -0.2) is 51.0 Å². The number of hydrogen-bond donors (Lipinski definition) is 1. The molecule has 3 rings (SSSR count). The number of sulfonamides is 1. The minimum atomic E-state index is -3.70. The summed E-state index contributed by atoms with van der Waals surface area (Å²) in [6, 6.07) is 13.5. The van der Waals surface area contributed by atoms with Crippen molar-refractivity contribution in [2.24, 2.45) is 0 Å². The Hall–Kier alpha value is -2.42. The van der Waals surface area contributed by atoms with Gasteiger partial charge in [-0.2, -0.15) is 4.31 Å². The number of hydrogen-bond acceptors (Lipinski definition) is 5. The fraction of sp³-hybridized carbons (Fsp3) is 0.381. The zero-order chi connectivity index (χ0) is 21.0. The van der Waals surface area contributed by atoms with Crippen molar-refractivity contribution >= 4 is 15.9 Å². The van der Waals surface area contributed by atoms with E-state index in [9.17, 15) is 13.2 Å². The molecule has 0 bridgehead atoms. The molecule has 1 saturated heterocycles. The van der Waals surface area contributed by atoms with E-state index in [1.165, 1.54) is 16.4 Å². The average Bonchev–Trinajstić information content (AvgIpc) is 2.71. The predicted molar refractivity (Wildman–Crippen MR) is 109 cm³/mol. The van der Waals surface area contributed by atoms with Crippen molar-refractivity contribution in [3.8, 4) is 5.75 Å². The van der Waals surface area contributed by atoms with Crippen molar-refractivity contribution in [3.05, 3.63) is 59.7 Å². The van der Waals surface area contributed by atoms with E-state index in [1.54, 1.807) is 19.2 Å². The summed E-state index contributed by atoms with van der Waals surface area (Å²) in [6.45, 7) is 4.59. The Kier molecular flexibility index (Phi) is 6.56. The number of amides is 1. The lowest BCUT2D eigenvalue weighted by Crippen LogP contribution is -2.48. The average molecular weight is 419 g/mol. The van der Waals surface area contributed by atoms with Gasteiger partial charge in [-0.3, -0.25) is 4.79 Å². The van der Waals surface area contributed by atoms with Gasteiger partial charge in [0.2, 0.25) is 10.0 Å². The fourth-order valence-electron chi connectivity index (χ4n) is 3.34. The highest BCUT2D eigenvalue weighted by molar-refractivity contribution is 7.89. The molecular formula is C21H26N2O5S. The maximum Gasteiger partial charge on any atom is 0.251 e. The van der Waals surface area contributed by atoms with Gasteiger partial charge in [0.25, 0.3) is 5.91 Å². The number of benzene rings is 2. The van der Waals surface area contributed by atoms with Crippen molar-refractivity contribution in [1.29, 1.82) is 0 Å². The van der Waals surface area contributed by atoms with E-state index in [0.29, 0.717) is 30.9 Å². The standard InChI is InChI=1S/C21H26N2O5S/c1-15-13-23(14-16(2)28-15)29(25,26)20-9-5-7-18(11-20)21(24)22-12-17-6-4-8-19(10-17)27-3/h4-11,15-16H,12-14H2,1-3H3,(H,22,24)/t15-,16-/m0/s1. The molecule has 0 radical (unpaired) electrons. The Morgan fingerprint density at radius 2 is 1.83 bits per heavy atom. The van der Waals surface area contributed by atoms with Gasteiger partial charge in [0.1, 0.15) is 5.75 Å². The number of rotatable bonds is 6. The van der Waals surface area contributed by atoms with E-state index < -0.39 is 10.0 Å². The van der Waals surface area contributed by atoms with Crippen LogP contribution in [0.15, 0.2) is 53.4 Å². The van der Waals surface area contributed by atoms with Gasteiger partial charge in [0.05, 0.1) is 24.2 Å². The SMILES string of the molecule is COc1cccc(CNC(=O)c2cccc(S(=O)(=O)N3C[C@H](C)O[C@@H](C)C3)c2)c1. The van der Waals surface area contributed by atoms with E-state index in [2.05, 4.69) is 5.32 Å². The van der Waals surface area contributed by atoms with Crippen molar-refractivity contribution in [1.82, 2.24) is 9.62 Å². The monoisotopic (exact) mass is 418 g/mol. The summed E-state index contributed by atoms with van der Waals surface area (Å²) in [6.07, 6.45) is -0.356. The van der Waals surface area contributed by atoms with E-state index in [1.807, 2.05) is 38.1 Å². The first-order valence-corrected chi connectivity index (χ1v) is 10.9. The summed E-state index contributed by atoms with van der Waals surface area (Å²) in [5, 5.41) is 2.82. The third-order valence-electron chi connectivity index (χ3n) is 4.71. The molecule has 1 aliphatic heterocycles. The highest BCUT2D eigenvalue weighted by atomic mass is 32.2. The first-order valence-electron chi connectivity index (χ1n) is 9.46. The minimum Gasteiger partial charge on any atom is -0.497 e. The van der Waals surface area contributed by atoms with E-state index in [-0.39, 0.29) is 23.0 Å². The topological polar surface area (TPSA) is 84.9 Å². The van der Waals surface area contributed by atoms with Crippen LogP contribution in [0.4, 0.5) is 0 Å². The number of carbonyl (C=O) groups excluding carboxylic acids is 1. The molecule has 0 aliphatic carbocycles. The van der Waals surface area contributed by atoms with E-state index in [0.717, 1.165) is 5.56 Å². The summed E-state index contributed by atoms with van der Waals surface area (Å²) >= 11 is 0. The Labute approximate surface area is 171 Å². The van der Waals surface area contributed by atoms with Crippen LogP contribution in [0.3, 0.4) is 0 Å². The van der Waals surface area contributed by atoms with Crippen LogP contribution in [0, 0.1) is 0 Å². The van der Waals surface area contributed by atoms with Gasteiger partial charge in [0.15, 0.2) is 0 Å². The van der Waals surface area contributed by atoms with E-state index >= 15 is 0 Å². The molecule has 0 unspecified atom stereocenters. The molecular weight excluding hydrogens is 392 g/mol. The molecule has 2 aromatic carbocycles. The van der Waals surface area contributed by atoms with Crippen molar-refractivity contribution < 1.29 is 22.7 Å². The van der Waals surface area contributed by atoms with Crippen LogP contribution in [0.1, 0.15) is 29.8 Å². The van der Waals surface area contributed by atoms with Crippen LogP contribution < -0.4 is 10.1 Å². The second kappa shape index (κ2) is 8.94. The molecule has 156 valence electrons. The maximum absolute atomic E-state index is 13.0. The van der Waals surface area contributed by atoms with Crippen LogP contribution in [0.5, 0.6) is 5.75 Å². The van der Waals surface area contributed by atoms with Crippen molar-refractivity contribution in [2.45, 2.75) is 37.5 Å². The van der Waals surface area contributed by atoms with Crippen LogP contribution in [0.2, 0.25) is 0 Å². The molecule has 1 aliphatic rings. The van der Waals surface area contributed by atoms with Crippen LogP contribution in [0.25, 0.3) is 0 Å². The quantitative estimate of drug-likeness (QED) is 0.779. The lowest BCUT2D eigenvalue weighted by atomic mass is 10.2.